The van der Waals surface area contributed by atoms with Crippen molar-refractivity contribution in [2.45, 2.75) is 6.92 Å². The number of H-pyrrole nitrogens is 1. The first kappa shape index (κ1) is 10.2. The summed E-state index contributed by atoms with van der Waals surface area (Å²) in [4.78, 5) is 24.5. The first-order valence-electron chi connectivity index (χ1n) is 4.70. The van der Waals surface area contributed by atoms with Crippen LogP contribution in [0.3, 0.4) is 0 Å². The summed E-state index contributed by atoms with van der Waals surface area (Å²) >= 11 is 0. The second-order valence-electron chi connectivity index (χ2n) is 3.47. The lowest BCUT2D eigenvalue weighted by molar-refractivity contribution is 0.431. The van der Waals surface area contributed by atoms with E-state index in [2.05, 4.69) is 4.98 Å². The highest BCUT2D eigenvalue weighted by Crippen LogP contribution is 2.12. The molecule has 2 rings (SSSR count). The van der Waals surface area contributed by atoms with Crippen molar-refractivity contribution in [1.82, 2.24) is 9.55 Å². The third-order valence-electron chi connectivity index (χ3n) is 2.21. The molecule has 1 heterocycles. The Hall–Kier alpha value is -2.30. The van der Waals surface area contributed by atoms with Gasteiger partial charge in [-0.3, -0.25) is 9.78 Å². The molecule has 0 bridgehead atoms. The number of nitrogens with zero attached hydrogens (tertiary/aromatic N) is 1. The molecule has 0 unspecified atom stereocenters. The van der Waals surface area contributed by atoms with Gasteiger partial charge in [-0.25, -0.2) is 9.36 Å². The van der Waals surface area contributed by atoms with E-state index < -0.39 is 11.2 Å². The number of benzene rings is 1. The van der Waals surface area contributed by atoms with E-state index in [0.717, 1.165) is 16.2 Å². The summed E-state index contributed by atoms with van der Waals surface area (Å²) in [5.41, 5.74) is 0.268. The van der Waals surface area contributed by atoms with Crippen LogP contribution in [0.4, 0.5) is 0 Å². The molecule has 0 spiro atoms. The monoisotopic (exact) mass is 218 g/mol. The van der Waals surface area contributed by atoms with E-state index in [4.69, 9.17) is 0 Å². The number of rotatable bonds is 1. The lowest BCUT2D eigenvalue weighted by Crippen LogP contribution is -2.27. The zero-order valence-electron chi connectivity index (χ0n) is 8.60. The van der Waals surface area contributed by atoms with Crippen LogP contribution in [-0.4, -0.2) is 14.7 Å². The predicted molar refractivity (Wildman–Crippen MR) is 59.1 cm³/mol. The summed E-state index contributed by atoms with van der Waals surface area (Å²) in [7, 11) is 0. The van der Waals surface area contributed by atoms with Gasteiger partial charge in [0.05, 0.1) is 11.8 Å². The Morgan fingerprint density at radius 1 is 1.19 bits per heavy atom. The molecule has 0 radical (unpaired) electrons. The van der Waals surface area contributed by atoms with Crippen LogP contribution in [0.1, 0.15) is 5.56 Å². The van der Waals surface area contributed by atoms with Gasteiger partial charge in [-0.05, 0) is 19.1 Å². The van der Waals surface area contributed by atoms with Gasteiger partial charge in [0.25, 0.3) is 5.56 Å². The Kier molecular flexibility index (Phi) is 2.36. The van der Waals surface area contributed by atoms with Gasteiger partial charge in [-0.1, -0.05) is 17.7 Å². The molecule has 0 fully saturated rings. The number of hydrogen-bond acceptors (Lipinski definition) is 3. The highest BCUT2D eigenvalue weighted by molar-refractivity contribution is 5.36. The number of hydrogen-bond donors (Lipinski definition) is 2. The van der Waals surface area contributed by atoms with Gasteiger partial charge >= 0.3 is 5.69 Å². The van der Waals surface area contributed by atoms with Crippen LogP contribution in [-0.2, 0) is 0 Å². The Labute approximate surface area is 90.6 Å². The molecule has 0 atom stereocenters. The number of aryl methyl sites for hydroxylation is 1. The molecule has 16 heavy (non-hydrogen) atoms. The summed E-state index contributed by atoms with van der Waals surface area (Å²) in [6, 6.07) is 7.96. The topological polar surface area (TPSA) is 75.1 Å². The van der Waals surface area contributed by atoms with Crippen LogP contribution < -0.4 is 11.2 Å². The van der Waals surface area contributed by atoms with Crippen molar-refractivity contribution in [1.29, 1.82) is 0 Å². The second-order valence-corrected chi connectivity index (χ2v) is 3.47. The summed E-state index contributed by atoms with van der Waals surface area (Å²) in [5.74, 6) is -0.377. The van der Waals surface area contributed by atoms with Crippen LogP contribution in [0.15, 0.2) is 39.9 Å². The molecule has 5 nitrogen and oxygen atoms in total. The minimum Gasteiger partial charge on any atom is -0.494 e. The summed E-state index contributed by atoms with van der Waals surface area (Å²) in [6.45, 7) is 1.92. The summed E-state index contributed by atoms with van der Waals surface area (Å²) in [5, 5.41) is 9.54. The largest absolute Gasteiger partial charge is 0.494 e. The molecule has 0 amide bonds. The first-order valence-corrected chi connectivity index (χ1v) is 4.70. The fourth-order valence-corrected chi connectivity index (χ4v) is 1.43. The maximum atomic E-state index is 11.5. The molecular formula is C11H10N2O3. The Morgan fingerprint density at radius 3 is 2.38 bits per heavy atom. The third-order valence-corrected chi connectivity index (χ3v) is 2.21. The molecule has 0 aliphatic heterocycles. The molecule has 0 aliphatic rings. The molecule has 0 aliphatic carbocycles. The maximum absolute atomic E-state index is 11.5. The fraction of sp³-hybridized carbons (Fsp3) is 0.0909. The number of aromatic hydroxyl groups is 1. The van der Waals surface area contributed by atoms with E-state index in [0.29, 0.717) is 5.69 Å². The van der Waals surface area contributed by atoms with E-state index in [1.807, 2.05) is 19.1 Å². The van der Waals surface area contributed by atoms with Crippen molar-refractivity contribution in [3.8, 4) is 11.6 Å². The Bertz CT molecular complexity index is 623. The average Bonchev–Trinajstić information content (AvgIpc) is 2.19. The molecule has 1 aromatic heterocycles. The average molecular weight is 218 g/mol. The van der Waals surface area contributed by atoms with E-state index in [1.165, 1.54) is 0 Å². The Balaban J connectivity index is 2.69. The fourth-order valence-electron chi connectivity index (χ4n) is 1.43. The number of aromatic amines is 1. The third kappa shape index (κ3) is 1.75. The van der Waals surface area contributed by atoms with Gasteiger partial charge in [0.1, 0.15) is 0 Å². The SMILES string of the molecule is Cc1ccc(-n2c(O)cc(=O)[nH]c2=O)cc1. The molecule has 0 saturated heterocycles. The highest BCUT2D eigenvalue weighted by atomic mass is 16.3. The molecule has 2 aromatic rings. The predicted octanol–water partition coefficient (Wildman–Crippen LogP) is 0.540. The van der Waals surface area contributed by atoms with Crippen molar-refractivity contribution in [3.63, 3.8) is 0 Å². The smallest absolute Gasteiger partial charge is 0.335 e. The lowest BCUT2D eigenvalue weighted by atomic mass is 10.2. The van der Waals surface area contributed by atoms with Crippen LogP contribution in [0.2, 0.25) is 0 Å². The van der Waals surface area contributed by atoms with E-state index in [9.17, 15) is 14.7 Å². The number of nitrogens with one attached hydrogen (secondary N) is 1. The number of aromatic nitrogens is 2. The van der Waals surface area contributed by atoms with Gasteiger partial charge in [0, 0.05) is 0 Å². The zero-order chi connectivity index (χ0) is 11.7. The summed E-state index contributed by atoms with van der Waals surface area (Å²) in [6.07, 6.45) is 0. The molecule has 2 N–H and O–H groups in total. The molecule has 5 heteroatoms. The quantitative estimate of drug-likeness (QED) is 0.733. The standard InChI is InChI=1S/C11H10N2O3/c1-7-2-4-8(5-3-7)13-10(15)6-9(14)12-11(13)16/h2-6,15H,1H3,(H,12,14,16). The van der Waals surface area contributed by atoms with Gasteiger partial charge in [-0.2, -0.15) is 0 Å². The van der Waals surface area contributed by atoms with Crippen molar-refractivity contribution in [2.24, 2.45) is 0 Å². The van der Waals surface area contributed by atoms with Crippen molar-refractivity contribution in [3.05, 3.63) is 56.7 Å². The molecule has 1 aromatic carbocycles. The van der Waals surface area contributed by atoms with Crippen LogP contribution in [0.25, 0.3) is 5.69 Å². The molecule has 0 saturated carbocycles. The normalized spacial score (nSPS) is 10.3. The summed E-state index contributed by atoms with van der Waals surface area (Å²) < 4.78 is 1.03. The van der Waals surface area contributed by atoms with Crippen LogP contribution >= 0.6 is 0 Å². The maximum Gasteiger partial charge on any atom is 0.335 e. The van der Waals surface area contributed by atoms with Crippen molar-refractivity contribution >= 4 is 0 Å². The minimum atomic E-state index is -0.658. The first-order chi connectivity index (χ1) is 7.58. The van der Waals surface area contributed by atoms with Crippen molar-refractivity contribution in [2.75, 3.05) is 0 Å². The van der Waals surface area contributed by atoms with Crippen LogP contribution in [0, 0.1) is 6.92 Å². The highest BCUT2D eigenvalue weighted by Gasteiger charge is 2.06. The van der Waals surface area contributed by atoms with Gasteiger partial charge in [-0.15, -0.1) is 0 Å². The second kappa shape index (κ2) is 3.69. The minimum absolute atomic E-state index is 0.377. The van der Waals surface area contributed by atoms with Crippen LogP contribution in [0.5, 0.6) is 5.88 Å². The zero-order valence-corrected chi connectivity index (χ0v) is 8.60. The Morgan fingerprint density at radius 2 is 1.81 bits per heavy atom. The lowest BCUT2D eigenvalue weighted by Gasteiger charge is -2.06. The van der Waals surface area contributed by atoms with E-state index in [1.54, 1.807) is 12.1 Å². The van der Waals surface area contributed by atoms with E-state index in [-0.39, 0.29) is 5.88 Å². The molecule has 82 valence electrons. The van der Waals surface area contributed by atoms with Gasteiger partial charge < -0.3 is 5.11 Å². The molecular weight excluding hydrogens is 208 g/mol. The van der Waals surface area contributed by atoms with E-state index >= 15 is 0 Å². The van der Waals surface area contributed by atoms with Crippen molar-refractivity contribution < 1.29 is 5.11 Å². The van der Waals surface area contributed by atoms with Gasteiger partial charge in [0.2, 0.25) is 5.88 Å². The van der Waals surface area contributed by atoms with Gasteiger partial charge in [0.15, 0.2) is 0 Å².